The number of aromatic nitrogens is 2. The lowest BCUT2D eigenvalue weighted by Gasteiger charge is -2.33. The van der Waals surface area contributed by atoms with Crippen LogP contribution < -0.4 is 4.90 Å². The second-order valence-corrected chi connectivity index (χ2v) is 9.72. The molecule has 4 rings (SSSR count). The first-order chi connectivity index (χ1) is 15.5. The van der Waals surface area contributed by atoms with Gasteiger partial charge in [0, 0.05) is 77.6 Å². The van der Waals surface area contributed by atoms with Crippen LogP contribution in [-0.4, -0.2) is 85.6 Å². The molecular weight excluding hydrogens is 406 g/mol. The van der Waals surface area contributed by atoms with Crippen LogP contribution in [0.25, 0.3) is 0 Å². The van der Waals surface area contributed by atoms with Gasteiger partial charge in [-0.05, 0) is 25.7 Å². The van der Waals surface area contributed by atoms with Crippen LogP contribution in [0.5, 0.6) is 0 Å². The van der Waals surface area contributed by atoms with Gasteiger partial charge in [0.15, 0.2) is 0 Å². The quantitative estimate of drug-likeness (QED) is 0.644. The van der Waals surface area contributed by atoms with E-state index in [1.54, 1.807) is 7.11 Å². The number of rotatable bonds is 7. The number of likely N-dealkylation sites (tertiary alicyclic amines) is 2. The van der Waals surface area contributed by atoms with E-state index >= 15 is 0 Å². The van der Waals surface area contributed by atoms with Crippen LogP contribution >= 0.6 is 0 Å². The fraction of sp³-hybridized carbons (Fsp3) is 0.750. The van der Waals surface area contributed by atoms with Crippen molar-refractivity contribution in [2.45, 2.75) is 56.8 Å². The molecular formula is C24H37N5O3. The van der Waals surface area contributed by atoms with Gasteiger partial charge in [0.05, 0.1) is 12.3 Å². The maximum Gasteiger partial charge on any atom is 0.225 e. The molecule has 0 radical (unpaired) electrons. The fourth-order valence-electron chi connectivity index (χ4n) is 5.27. The molecule has 8 heteroatoms. The Kier molecular flexibility index (Phi) is 7.28. The minimum Gasteiger partial charge on any atom is -0.383 e. The van der Waals surface area contributed by atoms with Gasteiger partial charge in [0.2, 0.25) is 11.8 Å². The van der Waals surface area contributed by atoms with E-state index in [-0.39, 0.29) is 23.7 Å². The Morgan fingerprint density at radius 1 is 1.12 bits per heavy atom. The number of hydrogen-bond acceptors (Lipinski definition) is 6. The van der Waals surface area contributed by atoms with E-state index in [4.69, 9.17) is 14.7 Å². The SMILES string of the molecule is COCCN1CC(c2cc(N(C)C)nc(C3CCN(C(=O)C4CCCC4)CC3)n2)CC1=O. The van der Waals surface area contributed by atoms with Gasteiger partial charge in [-0.3, -0.25) is 9.59 Å². The summed E-state index contributed by atoms with van der Waals surface area (Å²) >= 11 is 0. The third-order valence-electron chi connectivity index (χ3n) is 7.28. The summed E-state index contributed by atoms with van der Waals surface area (Å²) in [5, 5.41) is 0. The molecule has 1 aromatic heterocycles. The zero-order chi connectivity index (χ0) is 22.7. The fourth-order valence-corrected chi connectivity index (χ4v) is 5.27. The van der Waals surface area contributed by atoms with E-state index in [1.165, 1.54) is 12.8 Å². The molecule has 0 aromatic carbocycles. The molecule has 2 amide bonds. The van der Waals surface area contributed by atoms with Gasteiger partial charge < -0.3 is 19.4 Å². The Bertz CT molecular complexity index is 816. The molecule has 3 aliphatic rings. The van der Waals surface area contributed by atoms with Crippen molar-refractivity contribution in [3.05, 3.63) is 17.6 Å². The van der Waals surface area contributed by atoms with Crippen molar-refractivity contribution >= 4 is 17.6 Å². The topological polar surface area (TPSA) is 78.9 Å². The van der Waals surface area contributed by atoms with Crippen LogP contribution in [0, 0.1) is 5.92 Å². The van der Waals surface area contributed by atoms with Crippen LogP contribution in [0.1, 0.15) is 68.3 Å². The highest BCUT2D eigenvalue weighted by atomic mass is 16.5. The molecule has 1 atom stereocenters. The predicted octanol–water partition coefficient (Wildman–Crippen LogP) is 2.40. The number of anilines is 1. The van der Waals surface area contributed by atoms with Gasteiger partial charge in [0.1, 0.15) is 11.6 Å². The van der Waals surface area contributed by atoms with Gasteiger partial charge in [-0.15, -0.1) is 0 Å². The molecule has 3 fully saturated rings. The first kappa shape index (κ1) is 23.0. The monoisotopic (exact) mass is 443 g/mol. The summed E-state index contributed by atoms with van der Waals surface area (Å²) in [6, 6.07) is 2.03. The van der Waals surface area contributed by atoms with E-state index in [0.717, 1.165) is 56.1 Å². The molecule has 1 aliphatic carbocycles. The minimum atomic E-state index is 0.0869. The number of amides is 2. The van der Waals surface area contributed by atoms with Crippen LogP contribution in [0.3, 0.4) is 0 Å². The number of hydrogen-bond donors (Lipinski definition) is 0. The van der Waals surface area contributed by atoms with Gasteiger partial charge in [-0.2, -0.15) is 0 Å². The lowest BCUT2D eigenvalue weighted by molar-refractivity contribution is -0.136. The Hall–Kier alpha value is -2.22. The molecule has 2 saturated heterocycles. The average Bonchev–Trinajstić information content (AvgIpc) is 3.47. The number of piperidine rings is 1. The molecule has 0 N–H and O–H groups in total. The van der Waals surface area contributed by atoms with Crippen molar-refractivity contribution in [2.75, 3.05) is 58.9 Å². The second kappa shape index (κ2) is 10.1. The second-order valence-electron chi connectivity index (χ2n) is 9.72. The first-order valence-electron chi connectivity index (χ1n) is 12.1. The molecule has 1 aromatic rings. The lowest BCUT2D eigenvalue weighted by Crippen LogP contribution is -2.41. The molecule has 2 aliphatic heterocycles. The zero-order valence-electron chi connectivity index (χ0n) is 19.8. The van der Waals surface area contributed by atoms with Crippen LogP contribution in [0.4, 0.5) is 5.82 Å². The molecule has 1 unspecified atom stereocenters. The maximum absolute atomic E-state index is 12.8. The minimum absolute atomic E-state index is 0.0869. The van der Waals surface area contributed by atoms with Crippen molar-refractivity contribution in [1.29, 1.82) is 0 Å². The normalized spacial score (nSPS) is 22.7. The Morgan fingerprint density at radius 2 is 1.84 bits per heavy atom. The number of ether oxygens (including phenoxy) is 1. The summed E-state index contributed by atoms with van der Waals surface area (Å²) in [4.78, 5) is 41.0. The molecule has 0 spiro atoms. The van der Waals surface area contributed by atoms with Crippen molar-refractivity contribution in [3.8, 4) is 0 Å². The van der Waals surface area contributed by atoms with Crippen molar-refractivity contribution < 1.29 is 14.3 Å². The first-order valence-corrected chi connectivity index (χ1v) is 12.1. The van der Waals surface area contributed by atoms with Crippen LogP contribution in [-0.2, 0) is 14.3 Å². The highest BCUT2D eigenvalue weighted by Gasteiger charge is 2.34. The number of carbonyl (C=O) groups excluding carboxylic acids is 2. The maximum atomic E-state index is 12.8. The summed E-state index contributed by atoms with van der Waals surface area (Å²) in [6.07, 6.45) is 6.77. The van der Waals surface area contributed by atoms with Gasteiger partial charge in [-0.25, -0.2) is 9.97 Å². The summed E-state index contributed by atoms with van der Waals surface area (Å²) < 4.78 is 5.15. The Morgan fingerprint density at radius 3 is 2.50 bits per heavy atom. The van der Waals surface area contributed by atoms with E-state index in [9.17, 15) is 9.59 Å². The van der Waals surface area contributed by atoms with Crippen molar-refractivity contribution in [1.82, 2.24) is 19.8 Å². The predicted molar refractivity (Wildman–Crippen MR) is 123 cm³/mol. The third-order valence-corrected chi connectivity index (χ3v) is 7.28. The van der Waals surface area contributed by atoms with Crippen LogP contribution in [0.2, 0.25) is 0 Å². The summed E-state index contributed by atoms with van der Waals surface area (Å²) in [5.41, 5.74) is 0.955. The van der Waals surface area contributed by atoms with Gasteiger partial charge in [0.25, 0.3) is 0 Å². The van der Waals surface area contributed by atoms with E-state index in [1.807, 2.05) is 30.0 Å². The molecule has 1 saturated carbocycles. The molecule has 3 heterocycles. The summed E-state index contributed by atoms with van der Waals surface area (Å²) in [6.45, 7) is 3.43. The molecule has 32 heavy (non-hydrogen) atoms. The van der Waals surface area contributed by atoms with Crippen molar-refractivity contribution in [3.63, 3.8) is 0 Å². The smallest absolute Gasteiger partial charge is 0.225 e. The highest BCUT2D eigenvalue weighted by Crippen LogP contribution is 2.33. The Labute approximate surface area is 191 Å². The lowest BCUT2D eigenvalue weighted by atomic mass is 9.94. The number of nitrogens with zero attached hydrogens (tertiary/aromatic N) is 5. The largest absolute Gasteiger partial charge is 0.383 e. The van der Waals surface area contributed by atoms with Crippen LogP contribution in [0.15, 0.2) is 6.07 Å². The number of carbonyl (C=O) groups is 2. The van der Waals surface area contributed by atoms with Gasteiger partial charge in [-0.1, -0.05) is 12.8 Å². The highest BCUT2D eigenvalue weighted by molar-refractivity contribution is 5.80. The standard InChI is InChI=1S/C24H37N5O3/c1-27(2)21-15-20(19-14-22(30)29(16-19)12-13-32-3)25-23(26-21)17-8-10-28(11-9-17)24(31)18-6-4-5-7-18/h15,17-19H,4-14,16H2,1-3H3. The third kappa shape index (κ3) is 5.05. The average molecular weight is 444 g/mol. The van der Waals surface area contributed by atoms with E-state index in [2.05, 4.69) is 4.90 Å². The van der Waals surface area contributed by atoms with Crippen molar-refractivity contribution in [2.24, 2.45) is 5.92 Å². The Balaban J connectivity index is 1.45. The number of methoxy groups -OCH3 is 1. The van der Waals surface area contributed by atoms with E-state index in [0.29, 0.717) is 32.0 Å². The molecule has 8 nitrogen and oxygen atoms in total. The summed E-state index contributed by atoms with van der Waals surface area (Å²) in [5.74, 6) is 2.85. The zero-order valence-corrected chi connectivity index (χ0v) is 19.8. The molecule has 0 bridgehead atoms. The van der Waals surface area contributed by atoms with E-state index < -0.39 is 0 Å². The summed E-state index contributed by atoms with van der Waals surface area (Å²) in [7, 11) is 5.64. The molecule has 176 valence electrons. The van der Waals surface area contributed by atoms with Gasteiger partial charge >= 0.3 is 0 Å².